The summed E-state index contributed by atoms with van der Waals surface area (Å²) in [5.41, 5.74) is 0.215. The van der Waals surface area contributed by atoms with Gasteiger partial charge in [-0.05, 0) is 24.3 Å². The average Bonchev–Trinajstić information content (AvgIpc) is 2.97. The summed E-state index contributed by atoms with van der Waals surface area (Å²) >= 11 is 0. The first-order valence-corrected chi connectivity index (χ1v) is 8.27. The highest BCUT2D eigenvalue weighted by Crippen LogP contribution is 2.39. The first-order chi connectivity index (χ1) is 13.5. The highest BCUT2D eigenvalue weighted by Gasteiger charge is 2.21. The van der Waals surface area contributed by atoms with Crippen LogP contribution in [0, 0.1) is 0 Å². The van der Waals surface area contributed by atoms with E-state index in [0.29, 0.717) is 10.8 Å². The number of carbonyl (C=O) groups is 2. The standard InChI is InChI=1S/C19H17N3O6/c1-27-10-11-28-19(26)21-20-16(23)14-8-4-5-9-15(14)22-17(24)12-6-2-3-7-13(12)18(22)25/h2-9,24-25H,10-11H2,1H3. The van der Waals surface area contributed by atoms with Gasteiger partial charge in [0.2, 0.25) is 11.8 Å². The molecule has 28 heavy (non-hydrogen) atoms. The molecular formula is C19H17N3O6. The molecule has 0 aliphatic heterocycles. The molecule has 2 aromatic carbocycles. The molecule has 1 aromatic heterocycles. The largest absolute Gasteiger partial charge is 0.494 e. The molecule has 2 amide bonds. The van der Waals surface area contributed by atoms with Crippen molar-refractivity contribution >= 4 is 22.8 Å². The lowest BCUT2D eigenvalue weighted by Gasteiger charge is -2.10. The summed E-state index contributed by atoms with van der Waals surface area (Å²) in [4.78, 5) is 23.9. The minimum Gasteiger partial charge on any atom is -0.494 e. The Labute approximate surface area is 159 Å². The summed E-state index contributed by atoms with van der Waals surface area (Å²) in [6.07, 6.45) is -1.03. The molecule has 2 N–H and O–H groups in total. The van der Waals surface area contributed by atoms with Crippen LogP contribution in [-0.4, -0.2) is 47.1 Å². The molecule has 3 rings (SSSR count). The van der Waals surface area contributed by atoms with Crippen molar-refractivity contribution < 1.29 is 29.3 Å². The number of fused-ring (bicyclic) bond motifs is 1. The number of aromatic nitrogens is 1. The fraction of sp³-hybridized carbons (Fsp3) is 0.158. The van der Waals surface area contributed by atoms with Gasteiger partial charge in [0, 0.05) is 17.9 Å². The highest BCUT2D eigenvalue weighted by atomic mass is 16.6. The highest BCUT2D eigenvalue weighted by molar-refractivity contribution is 6.00. The van der Waals surface area contributed by atoms with Crippen LogP contribution < -0.4 is 0 Å². The number of rotatable bonds is 5. The van der Waals surface area contributed by atoms with Crippen LogP contribution in [0.3, 0.4) is 0 Å². The second kappa shape index (κ2) is 8.31. The van der Waals surface area contributed by atoms with Crippen LogP contribution in [0.5, 0.6) is 11.8 Å². The summed E-state index contributed by atoms with van der Waals surface area (Å²) < 4.78 is 10.6. The molecule has 0 fully saturated rings. The Balaban J connectivity index is 1.95. The second-order valence-electron chi connectivity index (χ2n) is 5.66. The van der Waals surface area contributed by atoms with Crippen LogP contribution in [0.4, 0.5) is 4.79 Å². The molecule has 0 saturated heterocycles. The molecule has 0 atom stereocenters. The third kappa shape index (κ3) is 3.69. The van der Waals surface area contributed by atoms with Crippen molar-refractivity contribution in [3.05, 3.63) is 54.1 Å². The van der Waals surface area contributed by atoms with Gasteiger partial charge >= 0.3 is 6.09 Å². The van der Waals surface area contributed by atoms with Crippen LogP contribution in [0.2, 0.25) is 0 Å². The number of para-hydroxylation sites is 1. The fourth-order valence-corrected chi connectivity index (χ4v) is 2.67. The Bertz CT molecular complexity index is 1020. The molecule has 144 valence electrons. The van der Waals surface area contributed by atoms with Crippen LogP contribution in [0.25, 0.3) is 16.5 Å². The van der Waals surface area contributed by atoms with Crippen molar-refractivity contribution in [3.63, 3.8) is 0 Å². The molecular weight excluding hydrogens is 366 g/mol. The summed E-state index contributed by atoms with van der Waals surface area (Å²) in [6.45, 7) is 0.175. The van der Waals surface area contributed by atoms with Gasteiger partial charge in [0.1, 0.15) is 6.61 Å². The molecule has 0 unspecified atom stereocenters. The maximum Gasteiger partial charge on any atom is 0.452 e. The summed E-state index contributed by atoms with van der Waals surface area (Å²) in [5, 5.41) is 28.5. The summed E-state index contributed by atoms with van der Waals surface area (Å²) in [5.74, 6) is -1.30. The maximum absolute atomic E-state index is 12.4. The van der Waals surface area contributed by atoms with Crippen molar-refractivity contribution in [2.45, 2.75) is 0 Å². The molecule has 0 radical (unpaired) electrons. The molecule has 0 bridgehead atoms. The predicted octanol–water partition coefficient (Wildman–Crippen LogP) is 3.42. The zero-order chi connectivity index (χ0) is 20.1. The van der Waals surface area contributed by atoms with Gasteiger partial charge in [-0.3, -0.25) is 4.79 Å². The first kappa shape index (κ1) is 19.1. The van der Waals surface area contributed by atoms with Gasteiger partial charge < -0.3 is 19.7 Å². The lowest BCUT2D eigenvalue weighted by molar-refractivity contribution is 0.0962. The monoisotopic (exact) mass is 383 g/mol. The Morgan fingerprint density at radius 2 is 1.54 bits per heavy atom. The second-order valence-corrected chi connectivity index (χ2v) is 5.66. The molecule has 0 spiro atoms. The van der Waals surface area contributed by atoms with Crippen molar-refractivity contribution in [2.24, 2.45) is 10.2 Å². The van der Waals surface area contributed by atoms with E-state index in [9.17, 15) is 19.8 Å². The van der Waals surface area contributed by atoms with E-state index in [0.717, 1.165) is 4.57 Å². The van der Waals surface area contributed by atoms with E-state index in [1.807, 2.05) is 0 Å². The van der Waals surface area contributed by atoms with Crippen LogP contribution in [0.1, 0.15) is 10.4 Å². The van der Waals surface area contributed by atoms with E-state index in [4.69, 9.17) is 9.47 Å². The molecule has 9 heteroatoms. The lowest BCUT2D eigenvalue weighted by Crippen LogP contribution is -2.07. The molecule has 0 saturated carbocycles. The minimum absolute atomic E-state index is 0.0170. The van der Waals surface area contributed by atoms with Crippen LogP contribution in [0.15, 0.2) is 58.8 Å². The fourth-order valence-electron chi connectivity index (χ4n) is 2.67. The van der Waals surface area contributed by atoms with Crippen molar-refractivity contribution in [2.75, 3.05) is 20.3 Å². The van der Waals surface area contributed by atoms with Gasteiger partial charge in [-0.2, -0.15) is 0 Å². The predicted molar refractivity (Wildman–Crippen MR) is 99.0 cm³/mol. The van der Waals surface area contributed by atoms with Gasteiger partial charge in [-0.25, -0.2) is 9.36 Å². The smallest absolute Gasteiger partial charge is 0.452 e. The topological polar surface area (TPSA) is 123 Å². The van der Waals surface area contributed by atoms with E-state index in [2.05, 4.69) is 10.2 Å². The number of aromatic hydroxyl groups is 2. The van der Waals surface area contributed by atoms with Gasteiger partial charge in [-0.1, -0.05) is 34.5 Å². The summed E-state index contributed by atoms with van der Waals surface area (Å²) in [7, 11) is 1.45. The average molecular weight is 383 g/mol. The SMILES string of the molecule is COCCOC(=O)N=NC(=O)c1ccccc1-n1c(O)c2ccccc2c1O. The van der Waals surface area contributed by atoms with Crippen molar-refractivity contribution in [1.82, 2.24) is 4.57 Å². The molecule has 0 aliphatic carbocycles. The van der Waals surface area contributed by atoms with Crippen LogP contribution >= 0.6 is 0 Å². The zero-order valence-corrected chi connectivity index (χ0v) is 14.9. The van der Waals surface area contributed by atoms with Gasteiger partial charge in [0.25, 0.3) is 5.91 Å². The van der Waals surface area contributed by atoms with E-state index in [1.165, 1.54) is 19.2 Å². The van der Waals surface area contributed by atoms with E-state index in [1.54, 1.807) is 36.4 Å². The van der Waals surface area contributed by atoms with E-state index < -0.39 is 12.0 Å². The normalized spacial score (nSPS) is 11.2. The summed E-state index contributed by atoms with van der Waals surface area (Å²) in [6, 6.07) is 12.9. The lowest BCUT2D eigenvalue weighted by atomic mass is 10.1. The molecule has 1 heterocycles. The number of methoxy groups -OCH3 is 1. The number of hydrogen-bond acceptors (Lipinski definition) is 6. The number of hydrogen-bond donors (Lipinski definition) is 2. The number of nitrogens with zero attached hydrogens (tertiary/aromatic N) is 3. The minimum atomic E-state index is -1.03. The number of benzene rings is 2. The molecule has 3 aromatic rings. The van der Waals surface area contributed by atoms with Gasteiger partial charge in [0.05, 0.1) is 17.9 Å². The van der Waals surface area contributed by atoms with Gasteiger partial charge in [0.15, 0.2) is 0 Å². The van der Waals surface area contributed by atoms with Crippen LogP contribution in [-0.2, 0) is 9.47 Å². The maximum atomic E-state index is 12.4. The molecule has 0 aliphatic rings. The van der Waals surface area contributed by atoms with Crippen molar-refractivity contribution in [3.8, 4) is 17.4 Å². The third-order valence-electron chi connectivity index (χ3n) is 3.94. The Morgan fingerprint density at radius 1 is 0.929 bits per heavy atom. The first-order valence-electron chi connectivity index (χ1n) is 8.27. The number of carbonyl (C=O) groups excluding carboxylic acids is 2. The molecule has 9 nitrogen and oxygen atoms in total. The van der Waals surface area contributed by atoms with E-state index >= 15 is 0 Å². The Hall–Kier alpha value is -3.72. The number of azo groups is 1. The number of amides is 2. The Morgan fingerprint density at radius 3 is 2.18 bits per heavy atom. The third-order valence-corrected chi connectivity index (χ3v) is 3.94. The number of ether oxygens (including phenoxy) is 2. The Kier molecular flexibility index (Phi) is 5.66. The van der Waals surface area contributed by atoms with E-state index in [-0.39, 0.29) is 36.2 Å². The quantitative estimate of drug-likeness (QED) is 0.514. The van der Waals surface area contributed by atoms with Crippen molar-refractivity contribution in [1.29, 1.82) is 0 Å². The van der Waals surface area contributed by atoms with Gasteiger partial charge in [-0.15, -0.1) is 0 Å². The zero-order valence-electron chi connectivity index (χ0n) is 14.9.